The summed E-state index contributed by atoms with van der Waals surface area (Å²) in [5.74, 6) is 0.988. The average molecular weight is 286 g/mol. The van der Waals surface area contributed by atoms with Crippen LogP contribution in [0.2, 0.25) is 0 Å². The molecule has 4 nitrogen and oxygen atoms in total. The monoisotopic (exact) mass is 286 g/mol. The topological polar surface area (TPSA) is 42.2 Å². The zero-order valence-electron chi connectivity index (χ0n) is 11.9. The Labute approximate surface area is 122 Å². The minimum absolute atomic E-state index is 0.0881. The lowest BCUT2D eigenvalue weighted by Crippen LogP contribution is -2.27. The molecule has 0 aliphatic heterocycles. The van der Waals surface area contributed by atoms with Crippen LogP contribution in [0.25, 0.3) is 5.65 Å². The molecule has 0 aliphatic carbocycles. The molecule has 3 aromatic rings. The van der Waals surface area contributed by atoms with Crippen molar-refractivity contribution in [3.05, 3.63) is 46.4 Å². The molecule has 3 rings (SSSR count). The normalized spacial score (nSPS) is 11.9. The summed E-state index contributed by atoms with van der Waals surface area (Å²) in [6.45, 7) is 7.43. The molecule has 3 heterocycles. The molecule has 0 bridgehead atoms. The lowest BCUT2D eigenvalue weighted by Gasteiger charge is -2.24. The number of hydrogen-bond donors (Lipinski definition) is 1. The highest BCUT2D eigenvalue weighted by atomic mass is 32.1. The van der Waals surface area contributed by atoms with E-state index in [4.69, 9.17) is 0 Å². The van der Waals surface area contributed by atoms with Crippen molar-refractivity contribution in [3.8, 4) is 0 Å². The Morgan fingerprint density at radius 3 is 2.95 bits per heavy atom. The average Bonchev–Trinajstić information content (AvgIpc) is 3.06. The predicted molar refractivity (Wildman–Crippen MR) is 83.6 cm³/mol. The molecule has 0 amide bonds. The summed E-state index contributed by atoms with van der Waals surface area (Å²) in [5.41, 5.74) is 2.15. The van der Waals surface area contributed by atoms with E-state index in [9.17, 15) is 0 Å². The van der Waals surface area contributed by atoms with Gasteiger partial charge in [0.1, 0.15) is 12.1 Å². The van der Waals surface area contributed by atoms with E-state index in [1.54, 1.807) is 17.7 Å². The smallest absolute Gasteiger partial charge is 0.157 e. The Balaban J connectivity index is 1.85. The number of aryl methyl sites for hydroxylation is 1. The van der Waals surface area contributed by atoms with E-state index in [1.165, 1.54) is 10.4 Å². The van der Waals surface area contributed by atoms with Gasteiger partial charge in [-0.2, -0.15) is 9.61 Å². The fourth-order valence-corrected chi connectivity index (χ4v) is 3.10. The molecule has 0 radical (unpaired) electrons. The number of nitrogens with one attached hydrogen (secondary N) is 1. The third-order valence-electron chi connectivity index (χ3n) is 3.42. The molecule has 3 aromatic heterocycles. The van der Waals surface area contributed by atoms with Crippen LogP contribution in [0.4, 0.5) is 5.82 Å². The number of fused-ring (bicyclic) bond motifs is 1. The summed E-state index contributed by atoms with van der Waals surface area (Å²) in [6.07, 6.45) is 1.59. The highest BCUT2D eigenvalue weighted by Crippen LogP contribution is 2.28. The van der Waals surface area contributed by atoms with Gasteiger partial charge < -0.3 is 5.32 Å². The van der Waals surface area contributed by atoms with Crippen LogP contribution >= 0.6 is 11.3 Å². The maximum atomic E-state index is 4.27. The van der Waals surface area contributed by atoms with Crippen molar-refractivity contribution < 1.29 is 0 Å². The van der Waals surface area contributed by atoms with E-state index in [2.05, 4.69) is 59.7 Å². The van der Waals surface area contributed by atoms with Crippen molar-refractivity contribution in [1.82, 2.24) is 14.6 Å². The molecule has 20 heavy (non-hydrogen) atoms. The first-order valence-electron chi connectivity index (χ1n) is 6.64. The number of pyridine rings is 1. The van der Waals surface area contributed by atoms with Crippen LogP contribution < -0.4 is 5.32 Å². The summed E-state index contributed by atoms with van der Waals surface area (Å²) in [6, 6.07) is 8.42. The Morgan fingerprint density at radius 1 is 1.35 bits per heavy atom. The van der Waals surface area contributed by atoms with Crippen molar-refractivity contribution in [1.29, 1.82) is 0 Å². The molecule has 5 heteroatoms. The van der Waals surface area contributed by atoms with Crippen LogP contribution in [0.3, 0.4) is 0 Å². The van der Waals surface area contributed by atoms with E-state index < -0.39 is 0 Å². The highest BCUT2D eigenvalue weighted by molar-refractivity contribution is 7.10. The Bertz CT molecular complexity index is 713. The lowest BCUT2D eigenvalue weighted by atomic mass is 9.91. The third-order valence-corrected chi connectivity index (χ3v) is 4.66. The molecule has 0 aliphatic rings. The molecular weight excluding hydrogens is 268 g/mol. The largest absolute Gasteiger partial charge is 0.369 e. The van der Waals surface area contributed by atoms with Gasteiger partial charge in [-0.3, -0.25) is 0 Å². The molecule has 0 unspecified atom stereocenters. The van der Waals surface area contributed by atoms with Gasteiger partial charge in [-0.1, -0.05) is 19.9 Å². The minimum Gasteiger partial charge on any atom is -0.369 e. The van der Waals surface area contributed by atoms with E-state index >= 15 is 0 Å². The maximum absolute atomic E-state index is 4.27. The molecule has 0 saturated carbocycles. The van der Waals surface area contributed by atoms with Crippen LogP contribution in [-0.4, -0.2) is 21.1 Å². The molecule has 0 saturated heterocycles. The first-order valence-corrected chi connectivity index (χ1v) is 7.52. The minimum atomic E-state index is 0.0881. The van der Waals surface area contributed by atoms with Crippen molar-refractivity contribution in [3.63, 3.8) is 0 Å². The van der Waals surface area contributed by atoms with E-state index in [0.29, 0.717) is 0 Å². The molecule has 0 spiro atoms. The Morgan fingerprint density at radius 2 is 2.20 bits per heavy atom. The number of thiophene rings is 1. The van der Waals surface area contributed by atoms with Gasteiger partial charge in [0.25, 0.3) is 0 Å². The molecule has 0 fully saturated rings. The van der Waals surface area contributed by atoms with Crippen LogP contribution in [-0.2, 0) is 5.41 Å². The summed E-state index contributed by atoms with van der Waals surface area (Å²) < 4.78 is 1.84. The van der Waals surface area contributed by atoms with E-state index in [0.717, 1.165) is 18.0 Å². The Hall–Kier alpha value is -1.88. The van der Waals surface area contributed by atoms with Crippen LogP contribution in [0.5, 0.6) is 0 Å². The highest BCUT2D eigenvalue weighted by Gasteiger charge is 2.21. The van der Waals surface area contributed by atoms with Gasteiger partial charge >= 0.3 is 0 Å². The van der Waals surface area contributed by atoms with Crippen LogP contribution in [0.1, 0.15) is 24.3 Å². The second-order valence-electron chi connectivity index (χ2n) is 5.66. The predicted octanol–water partition coefficient (Wildman–Crippen LogP) is 3.49. The zero-order valence-corrected chi connectivity index (χ0v) is 12.7. The first-order chi connectivity index (χ1) is 9.56. The van der Waals surface area contributed by atoms with Crippen molar-refractivity contribution in [2.75, 3.05) is 11.9 Å². The molecule has 0 aromatic carbocycles. The SMILES string of the molecule is Cc1cc(NCC(C)(C)c2cccs2)n2ncnc2c1. The van der Waals surface area contributed by atoms with Crippen LogP contribution in [0.15, 0.2) is 36.0 Å². The second kappa shape index (κ2) is 4.90. The van der Waals surface area contributed by atoms with E-state index in [1.807, 2.05) is 10.6 Å². The van der Waals surface area contributed by atoms with Crippen molar-refractivity contribution >= 4 is 22.8 Å². The standard InChI is InChI=1S/C15H18N4S/c1-11-7-13(19-14(8-11)17-10-18-19)16-9-15(2,3)12-5-4-6-20-12/h4-8,10,16H,9H2,1-3H3. The molecule has 104 valence electrons. The lowest BCUT2D eigenvalue weighted by molar-refractivity contribution is 0.567. The third kappa shape index (κ3) is 2.41. The van der Waals surface area contributed by atoms with Gasteiger partial charge in [0.2, 0.25) is 0 Å². The number of nitrogens with zero attached hydrogens (tertiary/aromatic N) is 3. The number of rotatable bonds is 4. The summed E-state index contributed by atoms with van der Waals surface area (Å²) in [5, 5.41) is 9.90. The quantitative estimate of drug-likeness (QED) is 0.798. The molecular formula is C15H18N4S. The maximum Gasteiger partial charge on any atom is 0.157 e. The van der Waals surface area contributed by atoms with Crippen LogP contribution in [0, 0.1) is 6.92 Å². The van der Waals surface area contributed by atoms with Gasteiger partial charge in [-0.05, 0) is 36.1 Å². The summed E-state index contributed by atoms with van der Waals surface area (Å²) in [7, 11) is 0. The zero-order chi connectivity index (χ0) is 14.2. The second-order valence-corrected chi connectivity index (χ2v) is 6.61. The number of aromatic nitrogens is 3. The molecule has 0 atom stereocenters. The fraction of sp³-hybridized carbons (Fsp3) is 0.333. The van der Waals surface area contributed by atoms with Gasteiger partial charge in [-0.25, -0.2) is 4.98 Å². The van der Waals surface area contributed by atoms with Gasteiger partial charge in [-0.15, -0.1) is 11.3 Å². The number of anilines is 1. The Kier molecular flexibility index (Phi) is 3.22. The van der Waals surface area contributed by atoms with Gasteiger partial charge in [0.15, 0.2) is 5.65 Å². The van der Waals surface area contributed by atoms with Crippen molar-refractivity contribution in [2.45, 2.75) is 26.2 Å². The molecule has 1 N–H and O–H groups in total. The van der Waals surface area contributed by atoms with Gasteiger partial charge in [0, 0.05) is 16.8 Å². The fourth-order valence-electron chi connectivity index (χ4n) is 2.24. The van der Waals surface area contributed by atoms with Crippen molar-refractivity contribution in [2.24, 2.45) is 0 Å². The van der Waals surface area contributed by atoms with E-state index in [-0.39, 0.29) is 5.41 Å². The van der Waals surface area contributed by atoms with Gasteiger partial charge in [0.05, 0.1) is 0 Å². The number of hydrogen-bond acceptors (Lipinski definition) is 4. The summed E-state index contributed by atoms with van der Waals surface area (Å²) in [4.78, 5) is 5.63. The summed E-state index contributed by atoms with van der Waals surface area (Å²) >= 11 is 1.80. The first kappa shape index (κ1) is 13.1.